The highest BCUT2D eigenvalue weighted by Crippen LogP contribution is 2.38. The number of benzene rings is 2. The van der Waals surface area contributed by atoms with Crippen LogP contribution >= 0.6 is 0 Å². The molecule has 0 aliphatic carbocycles. The maximum Gasteiger partial charge on any atom is 0.308 e. The fourth-order valence-electron chi connectivity index (χ4n) is 4.10. The highest BCUT2D eigenvalue weighted by atomic mass is 28.4. The molecule has 2 rings (SSSR count). The molecule has 2 aromatic rings. The van der Waals surface area contributed by atoms with Crippen LogP contribution in [0.3, 0.4) is 0 Å². The Bertz CT molecular complexity index is 764. The molecule has 0 saturated heterocycles. The summed E-state index contributed by atoms with van der Waals surface area (Å²) < 4.78 is 17.8. The van der Waals surface area contributed by atoms with Crippen molar-refractivity contribution in [2.75, 3.05) is 13.9 Å². The minimum absolute atomic E-state index is 0.0498. The number of aliphatic carboxylic acids is 1. The molecule has 1 unspecified atom stereocenters. The van der Waals surface area contributed by atoms with E-state index in [1.165, 1.54) is 17.5 Å². The van der Waals surface area contributed by atoms with Gasteiger partial charge in [-0.15, -0.1) is 0 Å². The Morgan fingerprint density at radius 3 is 1.84 bits per heavy atom. The van der Waals surface area contributed by atoms with Gasteiger partial charge in [-0.05, 0) is 35.7 Å². The van der Waals surface area contributed by atoms with Crippen molar-refractivity contribution in [1.29, 1.82) is 0 Å². The van der Waals surface area contributed by atoms with Crippen LogP contribution in [0.1, 0.15) is 41.0 Å². The Labute approximate surface area is 187 Å². The molecule has 2 aromatic carbocycles. The fourth-order valence-corrected chi connectivity index (χ4v) is 8.81. The highest BCUT2D eigenvalue weighted by Gasteiger charge is 2.51. The zero-order valence-electron chi connectivity index (χ0n) is 19.5. The Morgan fingerprint density at radius 1 is 0.968 bits per heavy atom. The third kappa shape index (κ3) is 6.04. The molecule has 31 heavy (non-hydrogen) atoms. The maximum atomic E-state index is 11.6. The summed E-state index contributed by atoms with van der Waals surface area (Å²) in [5.74, 6) is -1.56. The standard InChI is InChI=1S/C25H36O5Si/c1-19(17-23(29-18-28-6)20(2)24(26)27)30-31(25(3,4)5,21-13-9-7-10-14-21)22-15-11-8-12-16-22/h7-16,19-20,23H,17-18H2,1-6H3,(H,26,27)/t19?,20-,23-/m0/s1. The lowest BCUT2D eigenvalue weighted by atomic mass is 10.00. The molecule has 3 atom stereocenters. The van der Waals surface area contributed by atoms with Gasteiger partial charge in [-0.1, -0.05) is 81.4 Å². The van der Waals surface area contributed by atoms with Gasteiger partial charge in [0.1, 0.15) is 6.79 Å². The van der Waals surface area contributed by atoms with E-state index >= 15 is 0 Å². The van der Waals surface area contributed by atoms with Crippen LogP contribution in [0, 0.1) is 5.92 Å². The van der Waals surface area contributed by atoms with E-state index in [0.29, 0.717) is 6.42 Å². The van der Waals surface area contributed by atoms with Crippen molar-refractivity contribution in [1.82, 2.24) is 0 Å². The Hall–Kier alpha value is -1.99. The first-order valence-electron chi connectivity index (χ1n) is 10.8. The Kier molecular flexibility index (Phi) is 9.00. The van der Waals surface area contributed by atoms with Crippen molar-refractivity contribution in [2.45, 2.75) is 58.3 Å². The quantitative estimate of drug-likeness (QED) is 0.418. The minimum Gasteiger partial charge on any atom is -0.481 e. The number of rotatable bonds is 11. The predicted molar refractivity (Wildman–Crippen MR) is 126 cm³/mol. The van der Waals surface area contributed by atoms with E-state index in [1.54, 1.807) is 6.92 Å². The molecule has 0 aliphatic heterocycles. The number of carboxylic acids is 1. The zero-order valence-corrected chi connectivity index (χ0v) is 20.5. The number of carboxylic acid groups (broad SMARTS) is 1. The van der Waals surface area contributed by atoms with Crippen LogP contribution in [-0.2, 0) is 18.7 Å². The SMILES string of the molecule is COCO[C@@H](CC(C)O[Si](c1ccccc1)(c1ccccc1)C(C)(C)C)[C@H](C)C(=O)O. The lowest BCUT2D eigenvalue weighted by Gasteiger charge is -2.45. The van der Waals surface area contributed by atoms with Gasteiger partial charge in [-0.25, -0.2) is 0 Å². The summed E-state index contributed by atoms with van der Waals surface area (Å²) in [7, 11) is -1.17. The number of methoxy groups -OCH3 is 1. The van der Waals surface area contributed by atoms with Crippen LogP contribution in [0.2, 0.25) is 5.04 Å². The lowest BCUT2D eigenvalue weighted by molar-refractivity contribution is -0.153. The average Bonchev–Trinajstić information content (AvgIpc) is 2.74. The molecule has 0 fully saturated rings. The molecule has 6 heteroatoms. The smallest absolute Gasteiger partial charge is 0.308 e. The molecule has 5 nitrogen and oxygen atoms in total. The second kappa shape index (κ2) is 11.0. The van der Waals surface area contributed by atoms with E-state index in [-0.39, 0.29) is 17.9 Å². The summed E-state index contributed by atoms with van der Waals surface area (Å²) >= 11 is 0. The van der Waals surface area contributed by atoms with Gasteiger partial charge < -0.3 is 19.0 Å². The van der Waals surface area contributed by atoms with Crippen LogP contribution < -0.4 is 10.4 Å². The minimum atomic E-state index is -2.71. The average molecular weight is 445 g/mol. The van der Waals surface area contributed by atoms with Crippen LogP contribution in [0.5, 0.6) is 0 Å². The van der Waals surface area contributed by atoms with E-state index in [1.807, 2.05) is 19.1 Å². The van der Waals surface area contributed by atoms with Gasteiger partial charge in [0.25, 0.3) is 8.32 Å². The Morgan fingerprint density at radius 2 is 1.45 bits per heavy atom. The summed E-state index contributed by atoms with van der Waals surface area (Å²) in [5, 5.41) is 11.8. The second-order valence-corrected chi connectivity index (χ2v) is 13.3. The Balaban J connectivity index is 2.46. The zero-order chi connectivity index (χ0) is 23.1. The topological polar surface area (TPSA) is 65.0 Å². The first-order chi connectivity index (χ1) is 14.6. The van der Waals surface area contributed by atoms with E-state index < -0.39 is 26.3 Å². The first-order valence-corrected chi connectivity index (χ1v) is 12.7. The van der Waals surface area contributed by atoms with Crippen molar-refractivity contribution >= 4 is 24.7 Å². The van der Waals surface area contributed by atoms with Crippen molar-refractivity contribution in [3.63, 3.8) is 0 Å². The maximum absolute atomic E-state index is 11.6. The van der Waals surface area contributed by atoms with Crippen molar-refractivity contribution in [3.8, 4) is 0 Å². The van der Waals surface area contributed by atoms with Crippen LogP contribution in [0.15, 0.2) is 60.7 Å². The van der Waals surface area contributed by atoms with Gasteiger partial charge in [-0.2, -0.15) is 0 Å². The number of ether oxygens (including phenoxy) is 2. The van der Waals surface area contributed by atoms with E-state index in [9.17, 15) is 9.90 Å². The van der Waals surface area contributed by atoms with Crippen molar-refractivity contribution in [3.05, 3.63) is 60.7 Å². The molecule has 0 heterocycles. The fraction of sp³-hybridized carbons (Fsp3) is 0.480. The van der Waals surface area contributed by atoms with Crippen LogP contribution in [-0.4, -0.2) is 45.5 Å². The summed E-state index contributed by atoms with van der Waals surface area (Å²) in [6.07, 6.45) is -0.262. The molecule has 0 amide bonds. The summed E-state index contributed by atoms with van der Waals surface area (Å²) in [5.41, 5.74) is 0. The van der Waals surface area contributed by atoms with Gasteiger partial charge in [0.2, 0.25) is 0 Å². The van der Waals surface area contributed by atoms with Gasteiger partial charge in [-0.3, -0.25) is 4.79 Å². The molecule has 1 N–H and O–H groups in total. The molecule has 0 bridgehead atoms. The summed E-state index contributed by atoms with van der Waals surface area (Å²) in [6.45, 7) is 10.4. The van der Waals surface area contributed by atoms with E-state index in [2.05, 4.69) is 69.3 Å². The van der Waals surface area contributed by atoms with Gasteiger partial charge in [0, 0.05) is 13.2 Å². The molecule has 170 valence electrons. The summed E-state index contributed by atoms with van der Waals surface area (Å²) in [4.78, 5) is 11.6. The molecule has 0 aliphatic rings. The number of hydrogen-bond acceptors (Lipinski definition) is 4. The molecule has 0 aromatic heterocycles. The third-order valence-electron chi connectivity index (χ3n) is 5.71. The van der Waals surface area contributed by atoms with E-state index in [0.717, 1.165) is 0 Å². The third-order valence-corrected chi connectivity index (χ3v) is 10.9. The van der Waals surface area contributed by atoms with Gasteiger partial charge >= 0.3 is 5.97 Å². The summed E-state index contributed by atoms with van der Waals surface area (Å²) in [6, 6.07) is 20.8. The predicted octanol–water partition coefficient (Wildman–Crippen LogP) is 4.05. The molecule has 0 saturated carbocycles. The lowest BCUT2D eigenvalue weighted by Crippen LogP contribution is -2.67. The van der Waals surface area contributed by atoms with Gasteiger partial charge in [0.15, 0.2) is 0 Å². The van der Waals surface area contributed by atoms with Crippen molar-refractivity contribution in [2.24, 2.45) is 5.92 Å². The molecular formula is C25H36O5Si. The number of carbonyl (C=O) groups is 1. The van der Waals surface area contributed by atoms with Crippen LogP contribution in [0.25, 0.3) is 0 Å². The van der Waals surface area contributed by atoms with E-state index in [4.69, 9.17) is 13.9 Å². The van der Waals surface area contributed by atoms with Crippen molar-refractivity contribution < 1.29 is 23.8 Å². The normalized spacial score (nSPS) is 15.3. The van der Waals surface area contributed by atoms with Gasteiger partial charge in [0.05, 0.1) is 12.0 Å². The molecule has 0 radical (unpaired) electrons. The highest BCUT2D eigenvalue weighted by molar-refractivity contribution is 6.99. The number of hydrogen-bond donors (Lipinski definition) is 1. The molecule has 0 spiro atoms. The largest absolute Gasteiger partial charge is 0.481 e. The first kappa shape index (κ1) is 25.3. The molecular weight excluding hydrogens is 408 g/mol. The monoisotopic (exact) mass is 444 g/mol. The second-order valence-electron chi connectivity index (χ2n) is 9.07. The van der Waals surface area contributed by atoms with Crippen LogP contribution in [0.4, 0.5) is 0 Å².